The smallest absolute Gasteiger partial charge is 0.335 e. The highest BCUT2D eigenvalue weighted by atomic mass is 16.4. The first-order chi connectivity index (χ1) is 16.4. The number of nitrogens with zero attached hydrogens (tertiary/aromatic N) is 6. The number of rotatable bonds is 5. The summed E-state index contributed by atoms with van der Waals surface area (Å²) in [4.78, 5) is 45.9. The standard InChI is InChI=1S/C24H25N7O3/c1-30-10-5-24(23(30)34)6-11-31(12-7-24)20-14-19(27-18-13-16(22(32)33)4-9-26-18)28-21(29-20)17-3-2-8-25-15-17/h2-4,8-9,13-15H,5-7,10-12H2,1H3,(H,32,33)(H,26,27,28,29). The van der Waals surface area contributed by atoms with E-state index in [9.17, 15) is 14.7 Å². The van der Waals surface area contributed by atoms with Crippen LogP contribution in [0.1, 0.15) is 29.6 Å². The molecule has 3 aromatic heterocycles. The molecule has 3 aromatic rings. The van der Waals surface area contributed by atoms with Gasteiger partial charge in [0.25, 0.3) is 0 Å². The number of pyridine rings is 2. The van der Waals surface area contributed by atoms with Crippen LogP contribution in [0.2, 0.25) is 0 Å². The maximum absolute atomic E-state index is 12.7. The van der Waals surface area contributed by atoms with Crippen molar-refractivity contribution in [1.29, 1.82) is 0 Å². The van der Waals surface area contributed by atoms with Crippen LogP contribution in [0, 0.1) is 5.41 Å². The number of hydrogen-bond acceptors (Lipinski definition) is 8. The Balaban J connectivity index is 1.45. The first-order valence-electron chi connectivity index (χ1n) is 11.2. The van der Waals surface area contributed by atoms with Gasteiger partial charge < -0.3 is 20.2 Å². The van der Waals surface area contributed by atoms with E-state index in [1.165, 1.54) is 18.3 Å². The minimum atomic E-state index is -1.03. The van der Waals surface area contributed by atoms with E-state index in [1.54, 1.807) is 12.4 Å². The van der Waals surface area contributed by atoms with E-state index in [4.69, 9.17) is 4.98 Å². The maximum Gasteiger partial charge on any atom is 0.335 e. The fourth-order valence-corrected chi connectivity index (χ4v) is 4.67. The van der Waals surface area contributed by atoms with Crippen LogP contribution in [0.25, 0.3) is 11.4 Å². The Bertz CT molecular complexity index is 1230. The van der Waals surface area contributed by atoms with E-state index in [2.05, 4.69) is 25.2 Å². The van der Waals surface area contributed by atoms with E-state index < -0.39 is 5.97 Å². The minimum absolute atomic E-state index is 0.131. The van der Waals surface area contributed by atoms with Crippen LogP contribution in [0.4, 0.5) is 17.5 Å². The minimum Gasteiger partial charge on any atom is -0.478 e. The zero-order chi connectivity index (χ0) is 23.7. The van der Waals surface area contributed by atoms with Gasteiger partial charge in [-0.3, -0.25) is 9.78 Å². The van der Waals surface area contributed by atoms with E-state index in [0.29, 0.717) is 17.5 Å². The average Bonchev–Trinajstić information content (AvgIpc) is 3.13. The van der Waals surface area contributed by atoms with Crippen molar-refractivity contribution in [2.45, 2.75) is 19.3 Å². The van der Waals surface area contributed by atoms with Gasteiger partial charge in [-0.25, -0.2) is 19.7 Å². The lowest BCUT2D eigenvalue weighted by molar-refractivity contribution is -0.135. The topological polar surface area (TPSA) is 124 Å². The summed E-state index contributed by atoms with van der Waals surface area (Å²) in [5, 5.41) is 12.4. The third kappa shape index (κ3) is 4.14. The number of piperidine rings is 1. The van der Waals surface area contributed by atoms with Crippen molar-refractivity contribution in [2.75, 3.05) is 36.9 Å². The van der Waals surface area contributed by atoms with Crippen molar-refractivity contribution in [3.05, 3.63) is 54.5 Å². The molecule has 2 saturated heterocycles. The molecule has 0 radical (unpaired) electrons. The Kier molecular flexibility index (Phi) is 5.56. The van der Waals surface area contributed by atoms with Crippen LogP contribution in [0.5, 0.6) is 0 Å². The van der Waals surface area contributed by atoms with Crippen molar-refractivity contribution >= 4 is 29.3 Å². The second kappa shape index (κ2) is 8.69. The molecule has 34 heavy (non-hydrogen) atoms. The predicted octanol–water partition coefficient (Wildman–Crippen LogP) is 2.82. The number of carboxylic acid groups (broad SMARTS) is 1. The van der Waals surface area contributed by atoms with Crippen LogP contribution in [0.3, 0.4) is 0 Å². The second-order valence-electron chi connectivity index (χ2n) is 8.78. The molecular formula is C24H25N7O3. The van der Waals surface area contributed by atoms with E-state index in [-0.39, 0.29) is 16.9 Å². The number of anilines is 3. The van der Waals surface area contributed by atoms with Crippen molar-refractivity contribution in [1.82, 2.24) is 24.8 Å². The van der Waals surface area contributed by atoms with Gasteiger partial charge in [0.05, 0.1) is 11.0 Å². The number of nitrogens with one attached hydrogen (secondary N) is 1. The van der Waals surface area contributed by atoms with E-state index in [0.717, 1.165) is 50.3 Å². The molecule has 0 aromatic carbocycles. The first kappa shape index (κ1) is 21.7. The summed E-state index contributed by atoms with van der Waals surface area (Å²) in [6.45, 7) is 2.25. The molecule has 0 aliphatic carbocycles. The number of carboxylic acids is 1. The largest absolute Gasteiger partial charge is 0.478 e. The fourth-order valence-electron chi connectivity index (χ4n) is 4.67. The van der Waals surface area contributed by atoms with Gasteiger partial charge in [-0.05, 0) is 43.5 Å². The van der Waals surface area contributed by atoms with Crippen LogP contribution >= 0.6 is 0 Å². The van der Waals surface area contributed by atoms with E-state index in [1.807, 2.05) is 30.1 Å². The number of aromatic nitrogens is 4. The fraction of sp³-hybridized carbons (Fsp3) is 0.333. The average molecular weight is 460 g/mol. The monoisotopic (exact) mass is 459 g/mol. The van der Waals surface area contributed by atoms with Gasteiger partial charge in [0, 0.05) is 56.9 Å². The number of aromatic carboxylic acids is 1. The molecule has 10 heteroatoms. The van der Waals surface area contributed by atoms with Crippen LogP contribution in [-0.2, 0) is 4.79 Å². The number of carbonyl (C=O) groups excluding carboxylic acids is 1. The summed E-state index contributed by atoms with van der Waals surface area (Å²) in [6.07, 6.45) is 7.30. The molecule has 0 atom stereocenters. The van der Waals surface area contributed by atoms with E-state index >= 15 is 0 Å². The Morgan fingerprint density at radius 2 is 1.85 bits per heavy atom. The predicted molar refractivity (Wildman–Crippen MR) is 126 cm³/mol. The zero-order valence-electron chi connectivity index (χ0n) is 18.8. The molecule has 0 saturated carbocycles. The molecule has 5 heterocycles. The summed E-state index contributed by atoms with van der Waals surface area (Å²) in [5.41, 5.74) is 0.639. The van der Waals surface area contributed by atoms with Crippen molar-refractivity contribution in [3.63, 3.8) is 0 Å². The summed E-state index contributed by atoms with van der Waals surface area (Å²) in [5.74, 6) is 1.32. The van der Waals surface area contributed by atoms with Gasteiger partial charge in [-0.1, -0.05) is 0 Å². The molecule has 2 aliphatic heterocycles. The Labute approximate surface area is 196 Å². The van der Waals surface area contributed by atoms with Gasteiger partial charge in [0.2, 0.25) is 5.91 Å². The molecule has 0 unspecified atom stereocenters. The number of hydrogen-bond donors (Lipinski definition) is 2. The third-order valence-electron chi connectivity index (χ3n) is 6.67. The lowest BCUT2D eigenvalue weighted by atomic mass is 9.77. The van der Waals surface area contributed by atoms with Gasteiger partial charge in [0.15, 0.2) is 5.82 Å². The van der Waals surface area contributed by atoms with Crippen molar-refractivity contribution in [2.24, 2.45) is 5.41 Å². The SMILES string of the molecule is CN1CCC2(CCN(c3cc(Nc4cc(C(=O)O)ccn4)nc(-c4cccnc4)n3)CC2)C1=O. The summed E-state index contributed by atoms with van der Waals surface area (Å²) < 4.78 is 0. The van der Waals surface area contributed by atoms with Crippen LogP contribution in [-0.4, -0.2) is 68.5 Å². The maximum atomic E-state index is 12.7. The highest BCUT2D eigenvalue weighted by molar-refractivity contribution is 5.88. The Hall–Kier alpha value is -4.08. The molecule has 2 aliphatic rings. The Morgan fingerprint density at radius 1 is 1.06 bits per heavy atom. The van der Waals surface area contributed by atoms with Gasteiger partial charge in [-0.2, -0.15) is 0 Å². The molecule has 1 spiro atoms. The van der Waals surface area contributed by atoms with Gasteiger partial charge in [0.1, 0.15) is 17.5 Å². The molecule has 2 fully saturated rings. The van der Waals surface area contributed by atoms with Crippen molar-refractivity contribution < 1.29 is 14.7 Å². The molecular weight excluding hydrogens is 434 g/mol. The first-order valence-corrected chi connectivity index (χ1v) is 11.2. The number of carbonyl (C=O) groups is 2. The molecule has 5 rings (SSSR count). The van der Waals surface area contributed by atoms with Crippen molar-refractivity contribution in [3.8, 4) is 11.4 Å². The summed E-state index contributed by atoms with van der Waals surface area (Å²) in [7, 11) is 1.87. The highest BCUT2D eigenvalue weighted by Gasteiger charge is 2.47. The summed E-state index contributed by atoms with van der Waals surface area (Å²) >= 11 is 0. The highest BCUT2D eigenvalue weighted by Crippen LogP contribution is 2.42. The molecule has 10 nitrogen and oxygen atoms in total. The van der Waals surface area contributed by atoms with Crippen LogP contribution < -0.4 is 10.2 Å². The normalized spacial score (nSPS) is 17.3. The number of amides is 1. The third-order valence-corrected chi connectivity index (χ3v) is 6.67. The van der Waals surface area contributed by atoms with Crippen LogP contribution in [0.15, 0.2) is 48.9 Å². The molecule has 0 bridgehead atoms. The second-order valence-corrected chi connectivity index (χ2v) is 8.78. The molecule has 1 amide bonds. The zero-order valence-corrected chi connectivity index (χ0v) is 18.8. The lowest BCUT2D eigenvalue weighted by Gasteiger charge is -2.38. The van der Waals surface area contributed by atoms with Gasteiger partial charge >= 0.3 is 5.97 Å². The lowest BCUT2D eigenvalue weighted by Crippen LogP contribution is -2.44. The quantitative estimate of drug-likeness (QED) is 0.592. The number of likely N-dealkylation sites (tertiary alicyclic amines) is 1. The van der Waals surface area contributed by atoms with Gasteiger partial charge in [-0.15, -0.1) is 0 Å². The summed E-state index contributed by atoms with van der Waals surface area (Å²) in [6, 6.07) is 8.43. The molecule has 2 N–H and O–H groups in total. The Morgan fingerprint density at radius 3 is 2.53 bits per heavy atom. The molecule has 174 valence electrons.